The van der Waals surface area contributed by atoms with Gasteiger partial charge in [0, 0.05) is 17.9 Å². The lowest BCUT2D eigenvalue weighted by Crippen LogP contribution is -2.18. The average Bonchev–Trinajstić information content (AvgIpc) is 2.82. The Hall–Kier alpha value is -2.18. The molecule has 0 saturated heterocycles. The molecule has 0 unspecified atom stereocenters. The van der Waals surface area contributed by atoms with Crippen LogP contribution in [0.15, 0.2) is 53.3 Å². The lowest BCUT2D eigenvalue weighted by atomic mass is 10.3. The van der Waals surface area contributed by atoms with E-state index in [1.165, 1.54) is 11.3 Å². The number of aryl methyl sites for hydroxylation is 1. The molecule has 22 heavy (non-hydrogen) atoms. The van der Waals surface area contributed by atoms with E-state index in [0.29, 0.717) is 11.7 Å². The van der Waals surface area contributed by atoms with Crippen LogP contribution in [0.1, 0.15) is 6.92 Å². The molecule has 0 saturated carbocycles. The van der Waals surface area contributed by atoms with E-state index in [-0.39, 0.29) is 4.87 Å². The predicted octanol–water partition coefficient (Wildman–Crippen LogP) is 3.89. The van der Waals surface area contributed by atoms with Gasteiger partial charge in [-0.3, -0.25) is 9.36 Å². The van der Waals surface area contributed by atoms with Gasteiger partial charge in [-0.05, 0) is 49.5 Å². The second-order valence-corrected chi connectivity index (χ2v) is 6.14. The Morgan fingerprint density at radius 3 is 2.59 bits per heavy atom. The maximum atomic E-state index is 11.9. The van der Waals surface area contributed by atoms with E-state index in [2.05, 4.69) is 10.6 Å². The lowest BCUT2D eigenvalue weighted by molar-refractivity contribution is 0.778. The number of hydrogen-bond acceptors (Lipinski definition) is 3. The molecular formula is C16H15N3OS2. The molecule has 2 aromatic carbocycles. The third kappa shape index (κ3) is 3.03. The second-order valence-electron chi connectivity index (χ2n) is 4.74. The maximum absolute atomic E-state index is 11.9. The van der Waals surface area contributed by atoms with E-state index < -0.39 is 0 Å². The first-order chi connectivity index (χ1) is 10.7. The fourth-order valence-corrected chi connectivity index (χ4v) is 3.49. The van der Waals surface area contributed by atoms with Gasteiger partial charge in [0.15, 0.2) is 5.11 Å². The average molecular weight is 329 g/mol. The van der Waals surface area contributed by atoms with Crippen molar-refractivity contribution >= 4 is 50.3 Å². The number of thiocarbonyl (C=S) groups is 1. The van der Waals surface area contributed by atoms with Gasteiger partial charge in [-0.1, -0.05) is 29.5 Å². The fourth-order valence-electron chi connectivity index (χ4n) is 2.26. The summed E-state index contributed by atoms with van der Waals surface area (Å²) in [4.78, 5) is 11.9. The molecule has 0 amide bonds. The number of nitrogens with zero attached hydrogens (tertiary/aromatic N) is 1. The van der Waals surface area contributed by atoms with Crippen molar-refractivity contribution < 1.29 is 0 Å². The van der Waals surface area contributed by atoms with Crippen LogP contribution in [-0.4, -0.2) is 9.68 Å². The van der Waals surface area contributed by atoms with Gasteiger partial charge in [-0.25, -0.2) is 0 Å². The van der Waals surface area contributed by atoms with E-state index in [1.54, 1.807) is 4.57 Å². The van der Waals surface area contributed by atoms with E-state index in [9.17, 15) is 4.79 Å². The van der Waals surface area contributed by atoms with E-state index in [0.717, 1.165) is 21.6 Å². The van der Waals surface area contributed by atoms with Crippen LogP contribution in [0.5, 0.6) is 0 Å². The number of nitrogens with one attached hydrogen (secondary N) is 2. The maximum Gasteiger partial charge on any atom is 0.308 e. The van der Waals surface area contributed by atoms with Crippen LogP contribution in [0.25, 0.3) is 10.2 Å². The van der Waals surface area contributed by atoms with Gasteiger partial charge in [0.05, 0.1) is 10.2 Å². The van der Waals surface area contributed by atoms with E-state index in [4.69, 9.17) is 12.2 Å². The van der Waals surface area contributed by atoms with Gasteiger partial charge in [0.2, 0.25) is 0 Å². The Kier molecular flexibility index (Phi) is 4.22. The van der Waals surface area contributed by atoms with Gasteiger partial charge in [0.1, 0.15) is 0 Å². The summed E-state index contributed by atoms with van der Waals surface area (Å²) in [5.74, 6) is 0. The topological polar surface area (TPSA) is 46.1 Å². The molecule has 0 atom stereocenters. The molecule has 0 bridgehead atoms. The lowest BCUT2D eigenvalue weighted by Gasteiger charge is -2.10. The quantitative estimate of drug-likeness (QED) is 0.716. The molecule has 0 aliphatic heterocycles. The van der Waals surface area contributed by atoms with Crippen molar-refractivity contribution in [1.29, 1.82) is 0 Å². The molecule has 0 fully saturated rings. The Morgan fingerprint density at radius 1 is 1.14 bits per heavy atom. The van der Waals surface area contributed by atoms with Gasteiger partial charge < -0.3 is 10.6 Å². The van der Waals surface area contributed by atoms with Crippen LogP contribution in [0.2, 0.25) is 0 Å². The van der Waals surface area contributed by atoms with Crippen LogP contribution >= 0.6 is 23.6 Å². The zero-order valence-corrected chi connectivity index (χ0v) is 13.6. The Labute approximate surface area is 137 Å². The minimum Gasteiger partial charge on any atom is -0.332 e. The van der Waals surface area contributed by atoms with Crippen LogP contribution in [0, 0.1) is 0 Å². The molecule has 1 heterocycles. The van der Waals surface area contributed by atoms with Crippen molar-refractivity contribution in [3.05, 3.63) is 58.2 Å². The highest BCUT2D eigenvalue weighted by Crippen LogP contribution is 2.22. The smallest absolute Gasteiger partial charge is 0.308 e. The number of benzene rings is 2. The second kappa shape index (κ2) is 6.29. The Bertz CT molecular complexity index is 868. The summed E-state index contributed by atoms with van der Waals surface area (Å²) < 4.78 is 2.73. The van der Waals surface area contributed by atoms with Crippen molar-refractivity contribution in [1.82, 2.24) is 4.57 Å². The Balaban J connectivity index is 1.79. The first kappa shape index (κ1) is 14.7. The van der Waals surface area contributed by atoms with Crippen molar-refractivity contribution in [2.24, 2.45) is 0 Å². The summed E-state index contributed by atoms with van der Waals surface area (Å²) >= 11 is 6.56. The zero-order chi connectivity index (χ0) is 15.5. The van der Waals surface area contributed by atoms with Crippen LogP contribution in [-0.2, 0) is 6.54 Å². The van der Waals surface area contributed by atoms with E-state index in [1.807, 2.05) is 55.5 Å². The molecule has 3 rings (SSSR count). The minimum absolute atomic E-state index is 0.0691. The molecule has 0 aliphatic carbocycles. The predicted molar refractivity (Wildman–Crippen MR) is 98.0 cm³/mol. The molecule has 6 heteroatoms. The molecule has 3 aromatic rings. The van der Waals surface area contributed by atoms with Crippen molar-refractivity contribution in [2.75, 3.05) is 10.6 Å². The summed E-state index contributed by atoms with van der Waals surface area (Å²) in [5, 5.41) is 6.79. The molecular weight excluding hydrogens is 314 g/mol. The summed E-state index contributed by atoms with van der Waals surface area (Å²) in [6, 6.07) is 15.6. The zero-order valence-electron chi connectivity index (χ0n) is 12.0. The number of rotatable bonds is 3. The number of aromatic nitrogens is 1. The van der Waals surface area contributed by atoms with Crippen LogP contribution < -0.4 is 15.5 Å². The normalized spacial score (nSPS) is 10.6. The van der Waals surface area contributed by atoms with Gasteiger partial charge in [-0.15, -0.1) is 0 Å². The third-order valence-corrected chi connectivity index (χ3v) is 4.42. The number of anilines is 2. The number of hydrogen-bond donors (Lipinski definition) is 2. The highest BCUT2D eigenvalue weighted by atomic mass is 32.1. The molecule has 112 valence electrons. The number of para-hydroxylation sites is 1. The first-order valence-corrected chi connectivity index (χ1v) is 8.16. The van der Waals surface area contributed by atoms with Crippen LogP contribution in [0.4, 0.5) is 11.4 Å². The highest BCUT2D eigenvalue weighted by Gasteiger charge is 2.07. The van der Waals surface area contributed by atoms with Crippen molar-refractivity contribution in [3.8, 4) is 0 Å². The third-order valence-electron chi connectivity index (χ3n) is 3.27. The summed E-state index contributed by atoms with van der Waals surface area (Å²) in [5.41, 5.74) is 2.76. The minimum atomic E-state index is 0.0691. The molecule has 1 aromatic heterocycles. The number of thiazole rings is 1. The van der Waals surface area contributed by atoms with Crippen LogP contribution in [0.3, 0.4) is 0 Å². The summed E-state index contributed by atoms with van der Waals surface area (Å²) in [7, 11) is 0. The highest BCUT2D eigenvalue weighted by molar-refractivity contribution is 7.80. The molecule has 4 nitrogen and oxygen atoms in total. The van der Waals surface area contributed by atoms with Gasteiger partial charge in [0.25, 0.3) is 0 Å². The molecule has 2 N–H and O–H groups in total. The standard InChI is InChI=1S/C16H15N3OS2/c1-2-19-13-9-8-12(10-14(13)22-16(19)20)18-15(21)17-11-6-4-3-5-7-11/h3-10H,2H2,1H3,(H2,17,18,21). The number of fused-ring (bicyclic) bond motifs is 1. The molecule has 0 radical (unpaired) electrons. The monoisotopic (exact) mass is 329 g/mol. The van der Waals surface area contributed by atoms with E-state index >= 15 is 0 Å². The van der Waals surface area contributed by atoms with Crippen molar-refractivity contribution in [2.45, 2.75) is 13.5 Å². The summed E-state index contributed by atoms with van der Waals surface area (Å²) in [6.07, 6.45) is 0. The first-order valence-electron chi connectivity index (χ1n) is 6.94. The summed E-state index contributed by atoms with van der Waals surface area (Å²) in [6.45, 7) is 2.65. The van der Waals surface area contributed by atoms with Gasteiger partial charge >= 0.3 is 4.87 Å². The van der Waals surface area contributed by atoms with Crippen molar-refractivity contribution in [3.63, 3.8) is 0 Å². The molecule has 0 aliphatic rings. The Morgan fingerprint density at radius 2 is 1.86 bits per heavy atom. The SMILES string of the molecule is CCn1c(=O)sc2cc(NC(=S)Nc3ccccc3)ccc21. The molecule has 0 spiro atoms. The largest absolute Gasteiger partial charge is 0.332 e. The van der Waals surface area contributed by atoms with Gasteiger partial charge in [-0.2, -0.15) is 0 Å². The fraction of sp³-hybridized carbons (Fsp3) is 0.125.